The number of benzene rings is 2. The molecular formula is C32H29BN4O2. The highest BCUT2D eigenvalue weighted by Crippen LogP contribution is 2.39. The molecule has 1 fully saturated rings. The van der Waals surface area contributed by atoms with Gasteiger partial charge in [0.2, 0.25) is 0 Å². The van der Waals surface area contributed by atoms with Gasteiger partial charge in [-0.1, -0.05) is 66.7 Å². The zero-order valence-corrected chi connectivity index (χ0v) is 22.5. The van der Waals surface area contributed by atoms with Crippen LogP contribution in [0.4, 0.5) is 0 Å². The predicted molar refractivity (Wildman–Crippen MR) is 155 cm³/mol. The molecule has 6 rings (SSSR count). The SMILES string of the molecule is CC1(C)OB(c2ccc(-c3nc(-c4ccccn4)c(-c4ccccc4)c(-c4ccccn4)n3)cc2)OC1(C)C. The average molecular weight is 512 g/mol. The number of hydrogen-bond donors (Lipinski definition) is 0. The highest BCUT2D eigenvalue weighted by Gasteiger charge is 2.51. The monoisotopic (exact) mass is 512 g/mol. The van der Waals surface area contributed by atoms with E-state index in [0.717, 1.165) is 44.9 Å². The van der Waals surface area contributed by atoms with Crippen molar-refractivity contribution < 1.29 is 9.31 Å². The summed E-state index contributed by atoms with van der Waals surface area (Å²) in [6.45, 7) is 8.23. The zero-order valence-electron chi connectivity index (χ0n) is 22.5. The van der Waals surface area contributed by atoms with Gasteiger partial charge in [-0.05, 0) is 63.0 Å². The summed E-state index contributed by atoms with van der Waals surface area (Å²) in [7, 11) is -0.432. The van der Waals surface area contributed by atoms with E-state index in [1.165, 1.54) is 0 Å². The maximum Gasteiger partial charge on any atom is 0.494 e. The van der Waals surface area contributed by atoms with E-state index in [9.17, 15) is 0 Å². The molecule has 2 aromatic carbocycles. The minimum Gasteiger partial charge on any atom is -0.399 e. The van der Waals surface area contributed by atoms with Crippen LogP contribution in [0.3, 0.4) is 0 Å². The first-order chi connectivity index (χ1) is 18.8. The van der Waals surface area contributed by atoms with Gasteiger partial charge in [0.05, 0.1) is 22.6 Å². The third-order valence-electron chi connectivity index (χ3n) is 7.48. The van der Waals surface area contributed by atoms with Crippen LogP contribution >= 0.6 is 0 Å². The molecule has 0 spiro atoms. The Balaban J connectivity index is 1.50. The quantitative estimate of drug-likeness (QED) is 0.260. The standard InChI is InChI=1S/C32H29BN4O2/c1-31(2)32(3,4)39-33(38-31)24-18-16-23(17-19-24)30-36-28(25-14-8-10-20-34-25)27(22-12-6-5-7-13-22)29(37-30)26-15-9-11-21-35-26/h5-21H,1-4H3. The first kappa shape index (κ1) is 25.1. The molecule has 0 N–H and O–H groups in total. The van der Waals surface area contributed by atoms with E-state index in [0.29, 0.717) is 5.82 Å². The molecule has 0 aliphatic carbocycles. The molecule has 0 saturated carbocycles. The van der Waals surface area contributed by atoms with E-state index in [4.69, 9.17) is 19.3 Å². The van der Waals surface area contributed by atoms with Gasteiger partial charge in [-0.15, -0.1) is 0 Å². The highest BCUT2D eigenvalue weighted by atomic mass is 16.7. The second-order valence-corrected chi connectivity index (χ2v) is 10.6. The molecule has 1 saturated heterocycles. The molecular weight excluding hydrogens is 483 g/mol. The minimum atomic E-state index is -0.432. The van der Waals surface area contributed by atoms with Crippen LogP contribution in [0.1, 0.15) is 27.7 Å². The Morgan fingerprint density at radius 3 is 1.56 bits per heavy atom. The lowest BCUT2D eigenvalue weighted by Gasteiger charge is -2.32. The first-order valence-corrected chi connectivity index (χ1v) is 13.1. The average Bonchev–Trinajstić information content (AvgIpc) is 3.20. The summed E-state index contributed by atoms with van der Waals surface area (Å²) in [6.07, 6.45) is 3.57. The van der Waals surface area contributed by atoms with Crippen molar-refractivity contribution in [2.45, 2.75) is 38.9 Å². The summed E-state index contributed by atoms with van der Waals surface area (Å²) < 4.78 is 12.5. The lowest BCUT2D eigenvalue weighted by Crippen LogP contribution is -2.41. The van der Waals surface area contributed by atoms with Crippen molar-refractivity contribution >= 4 is 12.6 Å². The number of aromatic nitrogens is 4. The molecule has 192 valence electrons. The number of hydrogen-bond acceptors (Lipinski definition) is 6. The van der Waals surface area contributed by atoms with Crippen LogP contribution in [0.15, 0.2) is 103 Å². The molecule has 0 radical (unpaired) electrons. The molecule has 0 bridgehead atoms. The third kappa shape index (κ3) is 4.75. The van der Waals surface area contributed by atoms with Crippen molar-refractivity contribution in [3.63, 3.8) is 0 Å². The largest absolute Gasteiger partial charge is 0.494 e. The fraction of sp³-hybridized carbons (Fsp3) is 0.188. The molecule has 0 amide bonds. The maximum absolute atomic E-state index is 6.24. The Morgan fingerprint density at radius 1 is 0.564 bits per heavy atom. The van der Waals surface area contributed by atoms with Crippen LogP contribution < -0.4 is 5.46 Å². The third-order valence-corrected chi connectivity index (χ3v) is 7.48. The molecule has 0 atom stereocenters. The Hall–Kier alpha value is -4.20. The van der Waals surface area contributed by atoms with Crippen LogP contribution in [0.2, 0.25) is 0 Å². The summed E-state index contributed by atoms with van der Waals surface area (Å²) in [4.78, 5) is 19.5. The van der Waals surface area contributed by atoms with Crippen LogP contribution in [0.25, 0.3) is 45.3 Å². The second kappa shape index (κ2) is 9.84. The molecule has 1 aliphatic heterocycles. The fourth-order valence-corrected chi connectivity index (χ4v) is 4.61. The van der Waals surface area contributed by atoms with Gasteiger partial charge < -0.3 is 9.31 Å². The van der Waals surface area contributed by atoms with Crippen LogP contribution in [-0.4, -0.2) is 38.3 Å². The minimum absolute atomic E-state index is 0.401. The number of nitrogens with zero attached hydrogens (tertiary/aromatic N) is 4. The number of pyridine rings is 2. The van der Waals surface area contributed by atoms with Gasteiger partial charge in [-0.2, -0.15) is 0 Å². The van der Waals surface area contributed by atoms with Crippen molar-refractivity contribution in [1.82, 2.24) is 19.9 Å². The Labute approximate surface area is 229 Å². The molecule has 0 unspecified atom stereocenters. The Morgan fingerprint density at radius 2 is 1.08 bits per heavy atom. The van der Waals surface area contributed by atoms with Crippen molar-refractivity contribution in [3.05, 3.63) is 103 Å². The number of rotatable bonds is 5. The van der Waals surface area contributed by atoms with Gasteiger partial charge in [0.1, 0.15) is 11.4 Å². The van der Waals surface area contributed by atoms with Gasteiger partial charge in [0, 0.05) is 23.5 Å². The molecule has 39 heavy (non-hydrogen) atoms. The van der Waals surface area contributed by atoms with E-state index >= 15 is 0 Å². The van der Waals surface area contributed by atoms with Crippen LogP contribution in [-0.2, 0) is 9.31 Å². The smallest absolute Gasteiger partial charge is 0.399 e. The van der Waals surface area contributed by atoms with Crippen molar-refractivity contribution in [3.8, 4) is 45.3 Å². The van der Waals surface area contributed by atoms with E-state index < -0.39 is 18.3 Å². The van der Waals surface area contributed by atoms with Gasteiger partial charge in [0.25, 0.3) is 0 Å². The van der Waals surface area contributed by atoms with Gasteiger partial charge in [-0.25, -0.2) is 9.97 Å². The topological polar surface area (TPSA) is 70.0 Å². The Bertz CT molecular complexity index is 1520. The predicted octanol–water partition coefficient (Wildman–Crippen LogP) is 6.23. The summed E-state index contributed by atoms with van der Waals surface area (Å²) in [5.41, 5.74) is 5.97. The van der Waals surface area contributed by atoms with E-state index in [1.54, 1.807) is 12.4 Å². The molecule has 1 aliphatic rings. The zero-order chi connectivity index (χ0) is 27.0. The van der Waals surface area contributed by atoms with E-state index in [-0.39, 0.29) is 0 Å². The van der Waals surface area contributed by atoms with Gasteiger partial charge in [-0.3, -0.25) is 9.97 Å². The van der Waals surface area contributed by atoms with Gasteiger partial charge >= 0.3 is 7.12 Å². The van der Waals surface area contributed by atoms with E-state index in [2.05, 4.69) is 49.8 Å². The summed E-state index contributed by atoms with van der Waals surface area (Å²) in [6, 6.07) is 29.9. The summed E-state index contributed by atoms with van der Waals surface area (Å²) in [5, 5.41) is 0. The van der Waals surface area contributed by atoms with Crippen LogP contribution in [0, 0.1) is 0 Å². The summed E-state index contributed by atoms with van der Waals surface area (Å²) >= 11 is 0. The normalized spacial score (nSPS) is 15.8. The van der Waals surface area contributed by atoms with Crippen LogP contribution in [0.5, 0.6) is 0 Å². The second-order valence-electron chi connectivity index (χ2n) is 10.6. The van der Waals surface area contributed by atoms with Crippen molar-refractivity contribution in [2.24, 2.45) is 0 Å². The molecule has 7 heteroatoms. The highest BCUT2D eigenvalue weighted by molar-refractivity contribution is 6.62. The van der Waals surface area contributed by atoms with Gasteiger partial charge in [0.15, 0.2) is 5.82 Å². The molecule has 6 nitrogen and oxygen atoms in total. The van der Waals surface area contributed by atoms with E-state index in [1.807, 2.05) is 78.9 Å². The lowest BCUT2D eigenvalue weighted by atomic mass is 9.79. The lowest BCUT2D eigenvalue weighted by molar-refractivity contribution is 0.00578. The fourth-order valence-electron chi connectivity index (χ4n) is 4.61. The Kier molecular flexibility index (Phi) is 6.33. The van der Waals surface area contributed by atoms with Crippen molar-refractivity contribution in [1.29, 1.82) is 0 Å². The molecule has 5 aromatic rings. The molecule has 4 heterocycles. The summed E-state index contributed by atoms with van der Waals surface area (Å²) in [5.74, 6) is 0.594. The molecule has 3 aromatic heterocycles. The van der Waals surface area contributed by atoms with Crippen molar-refractivity contribution in [2.75, 3.05) is 0 Å². The maximum atomic E-state index is 6.24. The first-order valence-electron chi connectivity index (χ1n) is 13.1.